The summed E-state index contributed by atoms with van der Waals surface area (Å²) in [5.41, 5.74) is 11.7. The molecule has 5 aromatic rings. The molecule has 4 heteroatoms. The van der Waals surface area contributed by atoms with E-state index in [1.165, 1.54) is 0 Å². The first-order valence-electron chi connectivity index (χ1n) is 9.59. The van der Waals surface area contributed by atoms with E-state index in [4.69, 9.17) is 21.0 Å². The molecule has 30 heavy (non-hydrogen) atoms. The first kappa shape index (κ1) is 17.8. The lowest BCUT2D eigenvalue weighted by atomic mass is 10.1. The van der Waals surface area contributed by atoms with Gasteiger partial charge in [0.1, 0.15) is 11.3 Å². The third-order valence-electron chi connectivity index (χ3n) is 5.15. The number of fused-ring (bicyclic) bond motifs is 4. The summed E-state index contributed by atoms with van der Waals surface area (Å²) in [6, 6.07) is 19.5. The number of nitrogens with one attached hydrogen (secondary N) is 1. The van der Waals surface area contributed by atoms with E-state index in [-0.39, 0.29) is 0 Å². The summed E-state index contributed by atoms with van der Waals surface area (Å²) in [4.78, 5) is 0. The summed E-state index contributed by atoms with van der Waals surface area (Å²) in [5.74, 6) is 3.46. The zero-order valence-electron chi connectivity index (χ0n) is 16.4. The average Bonchev–Trinajstić information content (AvgIpc) is 3.28. The van der Waals surface area contributed by atoms with Crippen LogP contribution in [-0.4, -0.2) is 0 Å². The number of furan rings is 2. The summed E-state index contributed by atoms with van der Waals surface area (Å²) in [6.07, 6.45) is 9.91. The molecule has 3 aromatic carbocycles. The fourth-order valence-electron chi connectivity index (χ4n) is 3.82. The number of rotatable bonds is 4. The molecule has 0 fully saturated rings. The quantitative estimate of drug-likeness (QED) is 0.268. The van der Waals surface area contributed by atoms with Crippen LogP contribution in [0.15, 0.2) is 57.4 Å². The summed E-state index contributed by atoms with van der Waals surface area (Å²) < 4.78 is 12.0. The highest BCUT2D eigenvalue weighted by Crippen LogP contribution is 2.39. The Morgan fingerprint density at radius 3 is 2.87 bits per heavy atom. The van der Waals surface area contributed by atoms with Crippen LogP contribution in [-0.2, 0) is 0 Å². The van der Waals surface area contributed by atoms with Gasteiger partial charge in [-0.3, -0.25) is 0 Å². The van der Waals surface area contributed by atoms with Crippen molar-refractivity contribution in [2.24, 2.45) is 0 Å². The van der Waals surface area contributed by atoms with Crippen molar-refractivity contribution in [3.05, 3.63) is 72.0 Å². The average molecular weight is 390 g/mol. The van der Waals surface area contributed by atoms with Gasteiger partial charge in [-0.15, -0.1) is 12.3 Å². The minimum Gasteiger partial charge on any atom is -0.459 e. The van der Waals surface area contributed by atoms with Crippen molar-refractivity contribution in [2.45, 2.75) is 13.3 Å². The van der Waals surface area contributed by atoms with E-state index in [2.05, 4.69) is 23.4 Å². The van der Waals surface area contributed by atoms with Crippen molar-refractivity contribution in [2.75, 3.05) is 11.1 Å². The predicted molar refractivity (Wildman–Crippen MR) is 123 cm³/mol. The number of nitrogens with two attached hydrogens (primary N) is 1. The molecule has 0 unspecified atom stereocenters. The monoisotopic (exact) mass is 390 g/mol. The first-order chi connectivity index (χ1) is 14.7. The van der Waals surface area contributed by atoms with Gasteiger partial charge in [-0.25, -0.2) is 0 Å². The molecule has 0 aliphatic heterocycles. The molecular formula is C26H18N2O2. The molecule has 0 aliphatic rings. The molecular weight excluding hydrogens is 372 g/mol. The number of terminal acetylenes is 1. The number of hydrogen-bond acceptors (Lipinski definition) is 4. The highest BCUT2D eigenvalue weighted by Gasteiger charge is 2.16. The van der Waals surface area contributed by atoms with Gasteiger partial charge in [0.15, 0.2) is 11.2 Å². The van der Waals surface area contributed by atoms with Crippen LogP contribution >= 0.6 is 0 Å². The zero-order valence-corrected chi connectivity index (χ0v) is 16.4. The van der Waals surface area contributed by atoms with Gasteiger partial charge in [0.25, 0.3) is 0 Å². The third-order valence-corrected chi connectivity index (χ3v) is 5.15. The van der Waals surface area contributed by atoms with Gasteiger partial charge in [0.2, 0.25) is 0 Å². The first-order valence-corrected chi connectivity index (χ1v) is 9.59. The summed E-state index contributed by atoms with van der Waals surface area (Å²) in [5, 5.41) is 6.24. The maximum atomic E-state index is 6.25. The van der Waals surface area contributed by atoms with Crippen molar-refractivity contribution >= 4 is 56.0 Å². The van der Waals surface area contributed by atoms with Crippen LogP contribution in [0.25, 0.3) is 39.0 Å². The number of nitrogen functional groups attached to an aromatic ring is 1. The van der Waals surface area contributed by atoms with Crippen molar-refractivity contribution in [3.8, 4) is 12.3 Å². The Hall–Kier alpha value is -4.28. The minimum atomic E-state index is 0.577. The highest BCUT2D eigenvalue weighted by atomic mass is 16.3. The van der Waals surface area contributed by atoms with Gasteiger partial charge < -0.3 is 19.9 Å². The number of aryl methyl sites for hydroxylation is 1. The molecule has 0 aliphatic carbocycles. The third kappa shape index (κ3) is 2.75. The molecule has 2 heterocycles. The topological polar surface area (TPSA) is 64.3 Å². The van der Waals surface area contributed by atoms with Crippen LogP contribution < -0.4 is 11.1 Å². The van der Waals surface area contributed by atoms with Crippen molar-refractivity contribution in [1.29, 1.82) is 0 Å². The number of benzene rings is 2. The number of para-hydroxylation sites is 1. The lowest BCUT2D eigenvalue weighted by Gasteiger charge is -2.08. The smallest absolute Gasteiger partial charge is 0.187 e. The van der Waals surface area contributed by atoms with Crippen LogP contribution in [0.3, 0.4) is 0 Å². The second kappa shape index (κ2) is 6.95. The minimum absolute atomic E-state index is 0.577. The Kier molecular flexibility index (Phi) is 4.12. The SMILES string of the molecule is C#CC/C=C\c1c(C)oc2c(Nc3cc#cc4oc5cccc(N)c5c34)cccc12. The van der Waals surface area contributed by atoms with E-state index in [0.29, 0.717) is 17.7 Å². The molecule has 144 valence electrons. The van der Waals surface area contributed by atoms with E-state index in [9.17, 15) is 0 Å². The lowest BCUT2D eigenvalue weighted by molar-refractivity contribution is 0.578. The Balaban J connectivity index is 1.67. The molecule has 0 bridgehead atoms. The molecule has 0 atom stereocenters. The summed E-state index contributed by atoms with van der Waals surface area (Å²) in [6.45, 7) is 1.95. The van der Waals surface area contributed by atoms with Gasteiger partial charge in [-0.1, -0.05) is 36.4 Å². The van der Waals surface area contributed by atoms with Gasteiger partial charge in [0.05, 0.1) is 22.1 Å². The fraction of sp³-hybridized carbons (Fsp3) is 0.0769. The maximum Gasteiger partial charge on any atom is 0.187 e. The van der Waals surface area contributed by atoms with Gasteiger partial charge in [0, 0.05) is 29.1 Å². The van der Waals surface area contributed by atoms with Crippen molar-refractivity contribution < 1.29 is 8.83 Å². The molecule has 0 spiro atoms. The molecule has 0 radical (unpaired) electrons. The molecule has 0 saturated carbocycles. The molecule has 3 N–H and O–H groups in total. The van der Waals surface area contributed by atoms with Gasteiger partial charge in [-0.2, -0.15) is 0 Å². The van der Waals surface area contributed by atoms with Crippen LogP contribution in [0.1, 0.15) is 17.7 Å². The molecule has 4 nitrogen and oxygen atoms in total. The largest absolute Gasteiger partial charge is 0.459 e. The second-order valence-electron chi connectivity index (χ2n) is 7.04. The summed E-state index contributed by atoms with van der Waals surface area (Å²) >= 11 is 0. The van der Waals surface area contributed by atoms with Crippen LogP contribution in [0, 0.1) is 31.4 Å². The number of hydrogen-bond donors (Lipinski definition) is 2. The van der Waals surface area contributed by atoms with Crippen molar-refractivity contribution in [3.63, 3.8) is 0 Å². The van der Waals surface area contributed by atoms with E-state index in [1.54, 1.807) is 0 Å². The maximum absolute atomic E-state index is 6.25. The lowest BCUT2D eigenvalue weighted by Crippen LogP contribution is -1.92. The van der Waals surface area contributed by atoms with Gasteiger partial charge in [-0.05, 0) is 31.2 Å². The van der Waals surface area contributed by atoms with E-state index in [1.807, 2.05) is 61.5 Å². The van der Waals surface area contributed by atoms with Crippen molar-refractivity contribution in [1.82, 2.24) is 0 Å². The Labute approximate surface area is 174 Å². The summed E-state index contributed by atoms with van der Waals surface area (Å²) in [7, 11) is 0. The Morgan fingerprint density at radius 2 is 2.00 bits per heavy atom. The Bertz CT molecular complexity index is 1480. The predicted octanol–water partition coefficient (Wildman–Crippen LogP) is 6.60. The molecule has 0 saturated heterocycles. The molecule has 5 rings (SSSR count). The number of allylic oxidation sites excluding steroid dienone is 1. The normalized spacial score (nSPS) is 11.3. The highest BCUT2D eigenvalue weighted by molar-refractivity contribution is 6.16. The van der Waals surface area contributed by atoms with Crippen LogP contribution in [0.4, 0.5) is 17.1 Å². The second-order valence-corrected chi connectivity index (χ2v) is 7.04. The standard InChI is InChI=1S/C26H18N2O2/c1-3-4-5-9-17-16(2)29-26-18(17)10-6-13-21(26)28-20-12-8-15-23-25(20)24-19(27)11-7-14-22(24)30-23/h1,5-7,9-14,28H,4,27H2,2H3/b9-5-. The molecule has 0 amide bonds. The van der Waals surface area contributed by atoms with Crippen LogP contribution in [0.2, 0.25) is 0 Å². The van der Waals surface area contributed by atoms with E-state index < -0.39 is 0 Å². The Morgan fingerprint density at radius 1 is 1.13 bits per heavy atom. The van der Waals surface area contributed by atoms with Crippen LogP contribution in [0.5, 0.6) is 0 Å². The fourth-order valence-corrected chi connectivity index (χ4v) is 3.82. The number of anilines is 3. The van der Waals surface area contributed by atoms with E-state index in [0.717, 1.165) is 50.0 Å². The zero-order chi connectivity index (χ0) is 20.7. The van der Waals surface area contributed by atoms with E-state index >= 15 is 0 Å². The van der Waals surface area contributed by atoms with Gasteiger partial charge >= 0.3 is 0 Å². The molecule has 2 aromatic heterocycles.